The van der Waals surface area contributed by atoms with Gasteiger partial charge < -0.3 is 5.11 Å². The van der Waals surface area contributed by atoms with E-state index in [0.29, 0.717) is 0 Å². The molecule has 1 aliphatic rings. The van der Waals surface area contributed by atoms with Crippen LogP contribution in [0.5, 0.6) is 0 Å². The second-order valence-electron chi connectivity index (χ2n) is 5.52. The summed E-state index contributed by atoms with van der Waals surface area (Å²) in [4.78, 5) is 3.58. The monoisotopic (exact) mass is 405 g/mol. The van der Waals surface area contributed by atoms with Crippen LogP contribution in [-0.4, -0.2) is 28.0 Å². The van der Waals surface area contributed by atoms with E-state index in [-0.39, 0.29) is 10.0 Å². The standard InChI is InChI=1S/C15H12Cl2F3N5O/c16-9-1-3-11(12(18)5-9)14(26,7-25-8-22-23-24-25)15(19,20)13-4-2-10(17)6-21-13/h1-6,8,23-24,26H,7H2. The van der Waals surface area contributed by atoms with Gasteiger partial charge in [-0.15, -0.1) is 5.53 Å². The number of halogens is 5. The summed E-state index contributed by atoms with van der Waals surface area (Å²) < 4.78 is 45.0. The molecule has 0 saturated carbocycles. The third-order valence-electron chi connectivity index (χ3n) is 3.80. The van der Waals surface area contributed by atoms with Crippen LogP contribution >= 0.6 is 23.2 Å². The van der Waals surface area contributed by atoms with Gasteiger partial charge in [-0.3, -0.25) is 9.99 Å². The van der Waals surface area contributed by atoms with Crippen molar-refractivity contribution in [1.82, 2.24) is 21.1 Å². The predicted octanol–water partition coefficient (Wildman–Crippen LogP) is 2.78. The first-order chi connectivity index (χ1) is 12.2. The lowest BCUT2D eigenvalue weighted by atomic mass is 9.84. The van der Waals surface area contributed by atoms with E-state index >= 15 is 8.78 Å². The van der Waals surface area contributed by atoms with Gasteiger partial charge in [0.15, 0.2) is 5.60 Å². The SMILES string of the molecule is OC(CN1C=NNN1)(c1ccc(Cl)cc1F)C(F)(F)c1ccc(Cl)cn1. The summed E-state index contributed by atoms with van der Waals surface area (Å²) in [7, 11) is 0. The molecule has 0 spiro atoms. The molecule has 0 saturated heterocycles. The highest BCUT2D eigenvalue weighted by molar-refractivity contribution is 6.30. The molecule has 1 atom stereocenters. The van der Waals surface area contributed by atoms with E-state index in [1.165, 1.54) is 12.1 Å². The van der Waals surface area contributed by atoms with E-state index in [1.807, 2.05) is 0 Å². The van der Waals surface area contributed by atoms with E-state index in [1.54, 1.807) is 0 Å². The molecule has 0 radical (unpaired) electrons. The summed E-state index contributed by atoms with van der Waals surface area (Å²) in [6.07, 6.45) is 2.14. The van der Waals surface area contributed by atoms with Gasteiger partial charge in [-0.25, -0.2) is 9.93 Å². The molecular formula is C15H12Cl2F3N5O. The number of hydrazone groups is 1. The summed E-state index contributed by atoms with van der Waals surface area (Å²) in [6, 6.07) is 5.22. The molecule has 1 aromatic heterocycles. The highest BCUT2D eigenvalue weighted by Crippen LogP contribution is 2.46. The van der Waals surface area contributed by atoms with Gasteiger partial charge in [-0.05, 0) is 24.3 Å². The van der Waals surface area contributed by atoms with Crippen molar-refractivity contribution < 1.29 is 18.3 Å². The van der Waals surface area contributed by atoms with Gasteiger partial charge in [0.1, 0.15) is 17.8 Å². The van der Waals surface area contributed by atoms with Gasteiger partial charge in [0.05, 0.1) is 11.6 Å². The summed E-state index contributed by atoms with van der Waals surface area (Å²) in [5.74, 6) is -5.07. The number of nitrogens with one attached hydrogen (secondary N) is 2. The molecule has 1 aliphatic heterocycles. The Morgan fingerprint density at radius 3 is 2.46 bits per heavy atom. The third kappa shape index (κ3) is 3.30. The quantitative estimate of drug-likeness (QED) is 0.713. The van der Waals surface area contributed by atoms with Gasteiger partial charge >= 0.3 is 5.92 Å². The van der Waals surface area contributed by atoms with Gasteiger partial charge in [-0.2, -0.15) is 13.9 Å². The molecule has 1 unspecified atom stereocenters. The molecule has 0 fully saturated rings. The molecule has 6 nitrogen and oxygen atoms in total. The van der Waals surface area contributed by atoms with E-state index in [4.69, 9.17) is 23.2 Å². The summed E-state index contributed by atoms with van der Waals surface area (Å²) in [6.45, 7) is -0.751. The van der Waals surface area contributed by atoms with Crippen LogP contribution in [0, 0.1) is 5.82 Å². The smallest absolute Gasteiger partial charge is 0.323 e. The molecule has 2 aromatic rings. The number of hydrogen-bond donors (Lipinski definition) is 3. The van der Waals surface area contributed by atoms with Crippen molar-refractivity contribution >= 4 is 29.5 Å². The molecule has 3 rings (SSSR count). The first-order valence-electron chi connectivity index (χ1n) is 7.22. The predicted molar refractivity (Wildman–Crippen MR) is 89.9 cm³/mol. The number of aliphatic hydroxyl groups is 1. The van der Waals surface area contributed by atoms with Crippen LogP contribution in [-0.2, 0) is 11.5 Å². The molecule has 2 heterocycles. The Bertz CT molecular complexity index is 837. The lowest BCUT2D eigenvalue weighted by molar-refractivity contribution is -0.205. The van der Waals surface area contributed by atoms with E-state index < -0.39 is 35.1 Å². The maximum absolute atomic E-state index is 15.3. The molecule has 0 amide bonds. The fraction of sp³-hybridized carbons (Fsp3) is 0.200. The lowest BCUT2D eigenvalue weighted by Crippen LogP contribution is -2.54. The number of nitrogens with zero attached hydrogens (tertiary/aromatic N) is 3. The Morgan fingerprint density at radius 1 is 1.15 bits per heavy atom. The molecular weight excluding hydrogens is 394 g/mol. The van der Waals surface area contributed by atoms with Crippen molar-refractivity contribution in [3.63, 3.8) is 0 Å². The average molecular weight is 406 g/mol. The van der Waals surface area contributed by atoms with Crippen molar-refractivity contribution in [3.8, 4) is 0 Å². The molecule has 26 heavy (non-hydrogen) atoms. The van der Waals surface area contributed by atoms with E-state index in [0.717, 1.165) is 35.7 Å². The number of β-amino-alcohol motifs (C(OH)–C–C–N with tert-alkyl or cyclic N) is 1. The van der Waals surface area contributed by atoms with Crippen LogP contribution in [0.3, 0.4) is 0 Å². The summed E-state index contributed by atoms with van der Waals surface area (Å²) in [5.41, 5.74) is 0.305. The van der Waals surface area contributed by atoms with Crippen molar-refractivity contribution in [3.05, 3.63) is 63.6 Å². The second kappa shape index (κ2) is 6.92. The Morgan fingerprint density at radius 2 is 1.88 bits per heavy atom. The van der Waals surface area contributed by atoms with E-state index in [9.17, 15) is 9.50 Å². The third-order valence-corrected chi connectivity index (χ3v) is 4.26. The minimum absolute atomic E-state index is 0.00376. The first kappa shape index (κ1) is 18.7. The van der Waals surface area contributed by atoms with Crippen LogP contribution in [0.1, 0.15) is 11.3 Å². The minimum atomic E-state index is -3.98. The maximum atomic E-state index is 15.3. The fourth-order valence-corrected chi connectivity index (χ4v) is 2.77. The normalized spacial score (nSPS) is 16.5. The van der Waals surface area contributed by atoms with Crippen LogP contribution < -0.4 is 11.1 Å². The van der Waals surface area contributed by atoms with Gasteiger partial charge in [0.2, 0.25) is 0 Å². The first-order valence-corrected chi connectivity index (χ1v) is 7.98. The van der Waals surface area contributed by atoms with E-state index in [2.05, 4.69) is 21.2 Å². The zero-order valence-electron chi connectivity index (χ0n) is 12.9. The van der Waals surface area contributed by atoms with Gasteiger partial charge in [0, 0.05) is 16.8 Å². The number of hydrazine groups is 2. The Balaban J connectivity index is 2.12. The molecule has 3 N–H and O–H groups in total. The van der Waals surface area contributed by atoms with Crippen molar-refractivity contribution in [2.45, 2.75) is 11.5 Å². The highest BCUT2D eigenvalue weighted by atomic mass is 35.5. The average Bonchev–Trinajstić information content (AvgIpc) is 3.07. The lowest BCUT2D eigenvalue weighted by Gasteiger charge is -2.38. The molecule has 0 bridgehead atoms. The topological polar surface area (TPSA) is 72.8 Å². The molecule has 0 aliphatic carbocycles. The largest absolute Gasteiger partial charge is 0.377 e. The fourth-order valence-electron chi connectivity index (χ4n) is 2.50. The number of hydrogen-bond acceptors (Lipinski definition) is 6. The Kier molecular flexibility index (Phi) is 4.98. The van der Waals surface area contributed by atoms with Crippen LogP contribution in [0.4, 0.5) is 13.2 Å². The number of alkyl halides is 2. The van der Waals surface area contributed by atoms with Crippen LogP contribution in [0.2, 0.25) is 10.0 Å². The molecule has 1 aromatic carbocycles. The second-order valence-corrected chi connectivity index (χ2v) is 6.39. The maximum Gasteiger partial charge on any atom is 0.323 e. The highest BCUT2D eigenvalue weighted by Gasteiger charge is 2.58. The zero-order valence-corrected chi connectivity index (χ0v) is 14.4. The summed E-state index contributed by atoms with van der Waals surface area (Å²) >= 11 is 11.4. The number of benzene rings is 1. The molecule has 11 heteroatoms. The van der Waals surface area contributed by atoms with Crippen LogP contribution in [0.25, 0.3) is 0 Å². The van der Waals surface area contributed by atoms with Crippen molar-refractivity contribution in [1.29, 1.82) is 0 Å². The molecule has 138 valence electrons. The van der Waals surface area contributed by atoms with Crippen molar-refractivity contribution in [2.24, 2.45) is 5.10 Å². The number of pyridine rings is 1. The Hall–Kier alpha value is -2.07. The van der Waals surface area contributed by atoms with Gasteiger partial charge in [-0.1, -0.05) is 29.3 Å². The number of aromatic nitrogens is 1. The van der Waals surface area contributed by atoms with Gasteiger partial charge in [0.25, 0.3) is 0 Å². The van der Waals surface area contributed by atoms with Crippen molar-refractivity contribution in [2.75, 3.05) is 6.54 Å². The Labute approximate surface area is 156 Å². The minimum Gasteiger partial charge on any atom is -0.377 e. The zero-order chi connectivity index (χ0) is 18.9. The summed E-state index contributed by atoms with van der Waals surface area (Å²) in [5, 5.41) is 15.8. The van der Waals surface area contributed by atoms with Crippen LogP contribution in [0.15, 0.2) is 41.6 Å². The number of rotatable bonds is 5.